The molecule has 1 atom stereocenters. The number of carbonyl (C=O) groups is 1. The lowest BCUT2D eigenvalue weighted by molar-refractivity contribution is 0.191. The van der Waals surface area contributed by atoms with Crippen LogP contribution in [-0.4, -0.2) is 48.1 Å². The fourth-order valence-electron chi connectivity index (χ4n) is 3.26. The zero-order valence-corrected chi connectivity index (χ0v) is 16.0. The Hall–Kier alpha value is -2.27. The van der Waals surface area contributed by atoms with Gasteiger partial charge in [0.2, 0.25) is 0 Å². The second-order valence-electron chi connectivity index (χ2n) is 6.78. The standard InChI is InChI=1S/C20H25ClN4O/c1-15-6-7-17(21)14-19(15)24-9-11-25(12-10-24)20(26)23-16(2)13-18-5-3-4-8-22-18/h3-8,14,16H,9-13H2,1-2H3,(H,23,26)/t16-/m1/s1. The van der Waals surface area contributed by atoms with Crippen LogP contribution in [0.15, 0.2) is 42.6 Å². The first-order valence-electron chi connectivity index (χ1n) is 8.99. The molecule has 2 amide bonds. The van der Waals surface area contributed by atoms with Gasteiger partial charge in [0, 0.05) is 61.2 Å². The highest BCUT2D eigenvalue weighted by Gasteiger charge is 2.23. The van der Waals surface area contributed by atoms with E-state index in [2.05, 4.69) is 22.1 Å². The zero-order chi connectivity index (χ0) is 18.5. The summed E-state index contributed by atoms with van der Waals surface area (Å²) < 4.78 is 0. The molecule has 1 aromatic carbocycles. The van der Waals surface area contributed by atoms with Crippen LogP contribution in [0.4, 0.5) is 10.5 Å². The highest BCUT2D eigenvalue weighted by atomic mass is 35.5. The van der Waals surface area contributed by atoms with E-state index in [0.29, 0.717) is 13.1 Å². The van der Waals surface area contributed by atoms with Crippen LogP contribution < -0.4 is 10.2 Å². The Bertz CT molecular complexity index is 745. The number of halogens is 1. The van der Waals surface area contributed by atoms with Crippen LogP contribution in [-0.2, 0) is 6.42 Å². The van der Waals surface area contributed by atoms with Crippen molar-refractivity contribution in [2.75, 3.05) is 31.1 Å². The first kappa shape index (κ1) is 18.5. The molecule has 1 N–H and O–H groups in total. The molecule has 6 heteroatoms. The summed E-state index contributed by atoms with van der Waals surface area (Å²) in [5.41, 5.74) is 3.35. The Balaban J connectivity index is 1.51. The molecular formula is C20H25ClN4O. The fourth-order valence-corrected chi connectivity index (χ4v) is 3.43. The van der Waals surface area contributed by atoms with E-state index in [1.165, 1.54) is 5.56 Å². The van der Waals surface area contributed by atoms with Gasteiger partial charge in [-0.2, -0.15) is 0 Å². The number of aryl methyl sites for hydroxylation is 1. The van der Waals surface area contributed by atoms with Crippen LogP contribution in [0, 0.1) is 6.92 Å². The van der Waals surface area contributed by atoms with Gasteiger partial charge in [-0.3, -0.25) is 4.98 Å². The minimum Gasteiger partial charge on any atom is -0.368 e. The second kappa shape index (κ2) is 8.41. The summed E-state index contributed by atoms with van der Waals surface area (Å²) in [5.74, 6) is 0. The normalized spacial score (nSPS) is 15.7. The molecule has 1 fully saturated rings. The maximum Gasteiger partial charge on any atom is 0.317 e. The number of piperazine rings is 1. The van der Waals surface area contributed by atoms with Crippen LogP contribution >= 0.6 is 11.6 Å². The predicted octanol–water partition coefficient (Wildman–Crippen LogP) is 3.51. The molecule has 2 aromatic rings. The number of hydrogen-bond donors (Lipinski definition) is 1. The Morgan fingerprint density at radius 2 is 2.00 bits per heavy atom. The molecule has 5 nitrogen and oxygen atoms in total. The molecule has 0 saturated carbocycles. The molecule has 0 radical (unpaired) electrons. The van der Waals surface area contributed by atoms with E-state index < -0.39 is 0 Å². The summed E-state index contributed by atoms with van der Waals surface area (Å²) in [6.07, 6.45) is 2.51. The van der Waals surface area contributed by atoms with Crippen molar-refractivity contribution >= 4 is 23.3 Å². The number of anilines is 1. The van der Waals surface area contributed by atoms with Crippen LogP contribution in [0.3, 0.4) is 0 Å². The number of amides is 2. The monoisotopic (exact) mass is 372 g/mol. The van der Waals surface area contributed by atoms with Crippen LogP contribution in [0.2, 0.25) is 5.02 Å². The van der Waals surface area contributed by atoms with Crippen molar-refractivity contribution in [1.82, 2.24) is 15.2 Å². The smallest absolute Gasteiger partial charge is 0.317 e. The Kier molecular flexibility index (Phi) is 5.99. The molecule has 1 aliphatic rings. The molecule has 1 saturated heterocycles. The molecule has 2 heterocycles. The summed E-state index contributed by atoms with van der Waals surface area (Å²) in [5, 5.41) is 3.83. The number of nitrogens with one attached hydrogen (secondary N) is 1. The number of benzene rings is 1. The van der Waals surface area contributed by atoms with Gasteiger partial charge in [0.25, 0.3) is 0 Å². The predicted molar refractivity (Wildman–Crippen MR) is 106 cm³/mol. The maximum atomic E-state index is 12.5. The summed E-state index contributed by atoms with van der Waals surface area (Å²) in [6, 6.07) is 11.8. The van der Waals surface area contributed by atoms with Gasteiger partial charge in [-0.15, -0.1) is 0 Å². The van der Waals surface area contributed by atoms with Crippen molar-refractivity contribution in [2.45, 2.75) is 26.3 Å². The van der Waals surface area contributed by atoms with Crippen molar-refractivity contribution in [3.8, 4) is 0 Å². The van der Waals surface area contributed by atoms with Gasteiger partial charge in [-0.1, -0.05) is 23.7 Å². The number of carbonyl (C=O) groups excluding carboxylic acids is 1. The SMILES string of the molecule is Cc1ccc(Cl)cc1N1CCN(C(=O)N[C@H](C)Cc2ccccn2)CC1. The minimum atomic E-state index is -0.00380. The average molecular weight is 373 g/mol. The van der Waals surface area contributed by atoms with Gasteiger partial charge in [0.15, 0.2) is 0 Å². The fraction of sp³-hybridized carbons (Fsp3) is 0.400. The Morgan fingerprint density at radius 1 is 1.23 bits per heavy atom. The first-order chi connectivity index (χ1) is 12.5. The van der Waals surface area contributed by atoms with E-state index in [1.54, 1.807) is 6.20 Å². The summed E-state index contributed by atoms with van der Waals surface area (Å²) in [7, 11) is 0. The van der Waals surface area contributed by atoms with E-state index in [9.17, 15) is 4.79 Å². The lowest BCUT2D eigenvalue weighted by Gasteiger charge is -2.37. The lowest BCUT2D eigenvalue weighted by Crippen LogP contribution is -2.53. The number of rotatable bonds is 4. The van der Waals surface area contributed by atoms with Crippen LogP contribution in [0.1, 0.15) is 18.2 Å². The highest BCUT2D eigenvalue weighted by Crippen LogP contribution is 2.25. The minimum absolute atomic E-state index is 0.00380. The largest absolute Gasteiger partial charge is 0.368 e. The Labute approximate surface area is 160 Å². The van der Waals surface area contributed by atoms with Gasteiger partial charge < -0.3 is 15.1 Å². The number of urea groups is 1. The molecule has 0 aliphatic carbocycles. The van der Waals surface area contributed by atoms with Gasteiger partial charge >= 0.3 is 6.03 Å². The highest BCUT2D eigenvalue weighted by molar-refractivity contribution is 6.30. The number of nitrogens with zero attached hydrogens (tertiary/aromatic N) is 3. The number of aromatic nitrogens is 1. The zero-order valence-electron chi connectivity index (χ0n) is 15.3. The molecular weight excluding hydrogens is 348 g/mol. The lowest BCUT2D eigenvalue weighted by atomic mass is 10.1. The summed E-state index contributed by atoms with van der Waals surface area (Å²) >= 11 is 6.13. The molecule has 1 aliphatic heterocycles. The van der Waals surface area contributed by atoms with E-state index in [4.69, 9.17) is 11.6 Å². The van der Waals surface area contributed by atoms with E-state index >= 15 is 0 Å². The maximum absolute atomic E-state index is 12.5. The third kappa shape index (κ3) is 4.67. The molecule has 26 heavy (non-hydrogen) atoms. The molecule has 0 spiro atoms. The quantitative estimate of drug-likeness (QED) is 0.893. The summed E-state index contributed by atoms with van der Waals surface area (Å²) in [6.45, 7) is 7.12. The van der Waals surface area contributed by atoms with Crippen molar-refractivity contribution in [2.24, 2.45) is 0 Å². The molecule has 0 unspecified atom stereocenters. The molecule has 3 rings (SSSR count). The van der Waals surface area contributed by atoms with Crippen LogP contribution in [0.5, 0.6) is 0 Å². The Morgan fingerprint density at radius 3 is 2.69 bits per heavy atom. The number of hydrogen-bond acceptors (Lipinski definition) is 3. The van der Waals surface area contributed by atoms with Gasteiger partial charge in [0.05, 0.1) is 0 Å². The van der Waals surface area contributed by atoms with Crippen molar-refractivity contribution in [3.63, 3.8) is 0 Å². The van der Waals surface area contributed by atoms with Gasteiger partial charge in [-0.05, 0) is 43.7 Å². The topological polar surface area (TPSA) is 48.5 Å². The van der Waals surface area contributed by atoms with Crippen LogP contribution in [0.25, 0.3) is 0 Å². The average Bonchev–Trinajstić information content (AvgIpc) is 2.64. The van der Waals surface area contributed by atoms with Gasteiger partial charge in [-0.25, -0.2) is 4.79 Å². The van der Waals surface area contributed by atoms with E-state index in [1.807, 2.05) is 48.2 Å². The number of pyridine rings is 1. The molecule has 0 bridgehead atoms. The molecule has 1 aromatic heterocycles. The summed E-state index contributed by atoms with van der Waals surface area (Å²) in [4.78, 5) is 21.0. The first-order valence-corrected chi connectivity index (χ1v) is 9.37. The van der Waals surface area contributed by atoms with Crippen molar-refractivity contribution < 1.29 is 4.79 Å². The second-order valence-corrected chi connectivity index (χ2v) is 7.22. The molecule has 138 valence electrons. The van der Waals surface area contributed by atoms with E-state index in [0.717, 1.165) is 35.9 Å². The third-order valence-corrected chi connectivity index (χ3v) is 4.93. The van der Waals surface area contributed by atoms with Crippen molar-refractivity contribution in [3.05, 3.63) is 58.9 Å². The third-order valence-electron chi connectivity index (χ3n) is 4.69. The van der Waals surface area contributed by atoms with Gasteiger partial charge in [0.1, 0.15) is 0 Å². The van der Waals surface area contributed by atoms with Crippen molar-refractivity contribution in [1.29, 1.82) is 0 Å². The van der Waals surface area contributed by atoms with E-state index in [-0.39, 0.29) is 12.1 Å².